The Balaban J connectivity index is 2.57. The molecule has 0 bridgehead atoms. The van der Waals surface area contributed by atoms with Crippen LogP contribution in [-0.4, -0.2) is 6.04 Å². The van der Waals surface area contributed by atoms with Crippen molar-refractivity contribution in [3.05, 3.63) is 22.1 Å². The molecule has 1 aromatic rings. The van der Waals surface area contributed by atoms with Gasteiger partial charge in [-0.25, -0.2) is 0 Å². The molecule has 0 aromatic carbocycles. The maximum Gasteiger partial charge on any atom is 0.169 e. The van der Waals surface area contributed by atoms with E-state index in [9.17, 15) is 0 Å². The van der Waals surface area contributed by atoms with Crippen molar-refractivity contribution in [2.75, 3.05) is 0 Å². The highest BCUT2D eigenvalue weighted by Gasteiger charge is 2.06. The highest BCUT2D eigenvalue weighted by Crippen LogP contribution is 2.20. The summed E-state index contributed by atoms with van der Waals surface area (Å²) in [6.07, 6.45) is 1.90. The monoisotopic (exact) mass is 231 g/mol. The highest BCUT2D eigenvalue weighted by molar-refractivity contribution is 9.10. The molecule has 68 valence electrons. The molecule has 0 saturated carbocycles. The van der Waals surface area contributed by atoms with Crippen molar-refractivity contribution in [1.82, 2.24) is 0 Å². The average Bonchev–Trinajstić information content (AvgIpc) is 2.26. The van der Waals surface area contributed by atoms with E-state index in [-0.39, 0.29) is 6.04 Å². The van der Waals surface area contributed by atoms with Crippen LogP contribution in [0.2, 0.25) is 0 Å². The van der Waals surface area contributed by atoms with E-state index >= 15 is 0 Å². The number of aryl methyl sites for hydroxylation is 2. The van der Waals surface area contributed by atoms with Gasteiger partial charge in [-0.1, -0.05) is 0 Å². The zero-order valence-corrected chi connectivity index (χ0v) is 9.02. The first-order valence-electron chi connectivity index (χ1n) is 4.10. The van der Waals surface area contributed by atoms with Gasteiger partial charge in [0.15, 0.2) is 4.67 Å². The van der Waals surface area contributed by atoms with Gasteiger partial charge in [0, 0.05) is 12.5 Å². The number of nitrogens with two attached hydrogens (primary N) is 1. The predicted molar refractivity (Wildman–Crippen MR) is 53.1 cm³/mol. The maximum atomic E-state index is 5.64. The summed E-state index contributed by atoms with van der Waals surface area (Å²) in [4.78, 5) is 0. The van der Waals surface area contributed by atoms with Gasteiger partial charge in [0.25, 0.3) is 0 Å². The second-order valence-electron chi connectivity index (χ2n) is 3.17. The number of hydrogen-bond donors (Lipinski definition) is 1. The topological polar surface area (TPSA) is 39.2 Å². The van der Waals surface area contributed by atoms with Crippen LogP contribution in [0.3, 0.4) is 0 Å². The fraction of sp³-hybridized carbons (Fsp3) is 0.556. The van der Waals surface area contributed by atoms with Crippen molar-refractivity contribution in [3.63, 3.8) is 0 Å². The molecule has 0 spiro atoms. The van der Waals surface area contributed by atoms with Crippen LogP contribution >= 0.6 is 15.9 Å². The van der Waals surface area contributed by atoms with Crippen LogP contribution in [0.1, 0.15) is 24.7 Å². The van der Waals surface area contributed by atoms with Crippen LogP contribution in [0.25, 0.3) is 0 Å². The molecular weight excluding hydrogens is 218 g/mol. The Morgan fingerprint density at radius 1 is 1.67 bits per heavy atom. The SMILES string of the molecule is Cc1cc(Br)oc1CC[C@@H](C)N. The van der Waals surface area contributed by atoms with Crippen molar-refractivity contribution in [3.8, 4) is 0 Å². The van der Waals surface area contributed by atoms with Crippen molar-refractivity contribution in [1.29, 1.82) is 0 Å². The van der Waals surface area contributed by atoms with Gasteiger partial charge >= 0.3 is 0 Å². The molecule has 12 heavy (non-hydrogen) atoms. The average molecular weight is 232 g/mol. The van der Waals surface area contributed by atoms with Gasteiger partial charge in [-0.05, 0) is 47.8 Å². The molecular formula is C9H14BrNO. The largest absolute Gasteiger partial charge is 0.454 e. The number of furan rings is 1. The smallest absolute Gasteiger partial charge is 0.169 e. The van der Waals surface area contributed by atoms with Gasteiger partial charge in [0.05, 0.1) is 0 Å². The second kappa shape index (κ2) is 4.10. The van der Waals surface area contributed by atoms with Crippen LogP contribution in [0.4, 0.5) is 0 Å². The highest BCUT2D eigenvalue weighted by atomic mass is 79.9. The maximum absolute atomic E-state index is 5.64. The molecule has 1 aromatic heterocycles. The summed E-state index contributed by atoms with van der Waals surface area (Å²) in [6.45, 7) is 4.05. The van der Waals surface area contributed by atoms with E-state index in [2.05, 4.69) is 15.9 Å². The first kappa shape index (κ1) is 9.81. The Morgan fingerprint density at radius 3 is 2.75 bits per heavy atom. The van der Waals surface area contributed by atoms with E-state index in [1.54, 1.807) is 0 Å². The van der Waals surface area contributed by atoms with E-state index in [0.717, 1.165) is 23.3 Å². The Hall–Kier alpha value is -0.280. The number of hydrogen-bond acceptors (Lipinski definition) is 2. The summed E-state index contributed by atoms with van der Waals surface area (Å²) >= 11 is 3.29. The summed E-state index contributed by atoms with van der Waals surface area (Å²) in [7, 11) is 0. The molecule has 1 rings (SSSR count). The third-order valence-electron chi connectivity index (χ3n) is 1.82. The third-order valence-corrected chi connectivity index (χ3v) is 2.21. The minimum absolute atomic E-state index is 0.244. The minimum atomic E-state index is 0.244. The fourth-order valence-electron chi connectivity index (χ4n) is 1.09. The lowest BCUT2D eigenvalue weighted by molar-refractivity contribution is 0.470. The Bertz CT molecular complexity index is 255. The van der Waals surface area contributed by atoms with Crippen LogP contribution in [0.5, 0.6) is 0 Å². The van der Waals surface area contributed by atoms with Crippen LogP contribution in [-0.2, 0) is 6.42 Å². The molecule has 2 N–H and O–H groups in total. The summed E-state index contributed by atoms with van der Waals surface area (Å²) in [6, 6.07) is 2.23. The van der Waals surface area contributed by atoms with Gasteiger partial charge in [-0.15, -0.1) is 0 Å². The van der Waals surface area contributed by atoms with Gasteiger partial charge in [0.2, 0.25) is 0 Å². The van der Waals surface area contributed by atoms with Crippen LogP contribution in [0.15, 0.2) is 15.2 Å². The Morgan fingerprint density at radius 2 is 2.33 bits per heavy atom. The second-order valence-corrected chi connectivity index (χ2v) is 3.95. The molecule has 0 aliphatic carbocycles. The van der Waals surface area contributed by atoms with E-state index in [4.69, 9.17) is 10.2 Å². The van der Waals surface area contributed by atoms with E-state index in [0.29, 0.717) is 0 Å². The van der Waals surface area contributed by atoms with Crippen molar-refractivity contribution in [2.45, 2.75) is 32.7 Å². The number of rotatable bonds is 3. The first-order valence-corrected chi connectivity index (χ1v) is 4.89. The van der Waals surface area contributed by atoms with Crippen LogP contribution in [0, 0.1) is 6.92 Å². The molecule has 3 heteroatoms. The zero-order valence-electron chi connectivity index (χ0n) is 7.43. The zero-order chi connectivity index (χ0) is 9.14. The molecule has 2 nitrogen and oxygen atoms in total. The minimum Gasteiger partial charge on any atom is -0.454 e. The van der Waals surface area contributed by atoms with Gasteiger partial charge in [-0.2, -0.15) is 0 Å². The molecule has 0 saturated heterocycles. The lowest BCUT2D eigenvalue weighted by atomic mass is 10.1. The van der Waals surface area contributed by atoms with Gasteiger partial charge in [-0.3, -0.25) is 0 Å². The molecule has 1 atom stereocenters. The first-order chi connectivity index (χ1) is 5.59. The quantitative estimate of drug-likeness (QED) is 0.869. The summed E-state index contributed by atoms with van der Waals surface area (Å²) in [5.74, 6) is 1.04. The summed E-state index contributed by atoms with van der Waals surface area (Å²) in [5, 5.41) is 0. The van der Waals surface area contributed by atoms with Crippen LogP contribution < -0.4 is 5.73 Å². The molecule has 0 fully saturated rings. The third kappa shape index (κ3) is 2.64. The lowest BCUT2D eigenvalue weighted by Crippen LogP contribution is -2.15. The normalized spacial score (nSPS) is 13.3. The van der Waals surface area contributed by atoms with E-state index < -0.39 is 0 Å². The Kier molecular flexibility index (Phi) is 3.35. The van der Waals surface area contributed by atoms with Gasteiger partial charge < -0.3 is 10.2 Å². The molecule has 0 amide bonds. The lowest BCUT2D eigenvalue weighted by Gasteiger charge is -2.02. The van der Waals surface area contributed by atoms with Crippen molar-refractivity contribution >= 4 is 15.9 Å². The van der Waals surface area contributed by atoms with Crippen molar-refractivity contribution in [2.24, 2.45) is 5.73 Å². The Labute approximate surface area is 81.3 Å². The summed E-state index contributed by atoms with van der Waals surface area (Å²) in [5.41, 5.74) is 6.84. The molecule has 1 heterocycles. The fourth-order valence-corrected chi connectivity index (χ4v) is 1.62. The molecule has 0 aliphatic rings. The van der Waals surface area contributed by atoms with E-state index in [1.165, 1.54) is 5.56 Å². The summed E-state index contributed by atoms with van der Waals surface area (Å²) < 4.78 is 6.23. The van der Waals surface area contributed by atoms with E-state index in [1.807, 2.05) is 19.9 Å². The standard InChI is InChI=1S/C9H14BrNO/c1-6-5-9(10)12-8(6)4-3-7(2)11/h5,7H,3-4,11H2,1-2H3/t7-/m1/s1. The molecule has 0 radical (unpaired) electrons. The predicted octanol–water partition coefficient (Wildman–Crippen LogP) is 2.63. The molecule has 0 aliphatic heterocycles. The number of halogens is 1. The molecule has 0 unspecified atom stereocenters. The van der Waals surface area contributed by atoms with Crippen molar-refractivity contribution < 1.29 is 4.42 Å². The van der Waals surface area contributed by atoms with Gasteiger partial charge in [0.1, 0.15) is 5.76 Å².